The fraction of sp³-hybridized carbons (Fsp3) is 0.0909. The third-order valence-corrected chi connectivity index (χ3v) is 2.71. The standard InChI is InChI=1S/C11H7BrN4O2/c1-6-13-10(17-15-6)11-14-9(16-18-11)7-3-2-4-8(12)5-7/h2-5H,1H3. The molecule has 0 bridgehead atoms. The number of aromatic nitrogens is 4. The van der Waals surface area contributed by atoms with E-state index in [1.165, 1.54) is 0 Å². The first-order valence-electron chi connectivity index (χ1n) is 5.13. The third-order valence-electron chi connectivity index (χ3n) is 2.22. The second kappa shape index (κ2) is 4.34. The molecule has 90 valence electrons. The van der Waals surface area contributed by atoms with E-state index in [0.29, 0.717) is 11.6 Å². The zero-order valence-electron chi connectivity index (χ0n) is 9.29. The Bertz CT molecular complexity index is 692. The van der Waals surface area contributed by atoms with Gasteiger partial charge in [-0.1, -0.05) is 38.4 Å². The monoisotopic (exact) mass is 306 g/mol. The van der Waals surface area contributed by atoms with E-state index in [-0.39, 0.29) is 11.8 Å². The fourth-order valence-corrected chi connectivity index (χ4v) is 1.84. The summed E-state index contributed by atoms with van der Waals surface area (Å²) in [7, 11) is 0. The maximum Gasteiger partial charge on any atom is 0.316 e. The van der Waals surface area contributed by atoms with Gasteiger partial charge in [-0.25, -0.2) is 0 Å². The summed E-state index contributed by atoms with van der Waals surface area (Å²) < 4.78 is 11.0. The van der Waals surface area contributed by atoms with Crippen LogP contribution in [0.2, 0.25) is 0 Å². The predicted molar refractivity (Wildman–Crippen MR) is 65.5 cm³/mol. The summed E-state index contributed by atoms with van der Waals surface area (Å²) in [6, 6.07) is 7.60. The van der Waals surface area contributed by atoms with Gasteiger partial charge in [0, 0.05) is 10.0 Å². The molecule has 2 aromatic heterocycles. The van der Waals surface area contributed by atoms with Crippen molar-refractivity contribution in [3.63, 3.8) is 0 Å². The van der Waals surface area contributed by atoms with Crippen molar-refractivity contribution in [3.8, 4) is 23.2 Å². The SMILES string of the molecule is Cc1noc(-c2nc(-c3cccc(Br)c3)no2)n1. The molecule has 2 heterocycles. The molecule has 0 atom stereocenters. The molecular formula is C11H7BrN4O2. The zero-order chi connectivity index (χ0) is 12.5. The molecule has 0 N–H and O–H groups in total. The lowest BCUT2D eigenvalue weighted by atomic mass is 10.2. The van der Waals surface area contributed by atoms with Crippen LogP contribution >= 0.6 is 15.9 Å². The number of halogens is 1. The summed E-state index contributed by atoms with van der Waals surface area (Å²) in [5.74, 6) is 1.43. The zero-order valence-corrected chi connectivity index (χ0v) is 10.9. The van der Waals surface area contributed by atoms with Crippen LogP contribution in [0.4, 0.5) is 0 Å². The van der Waals surface area contributed by atoms with Crippen LogP contribution in [0.25, 0.3) is 23.2 Å². The van der Waals surface area contributed by atoms with Gasteiger partial charge >= 0.3 is 11.8 Å². The van der Waals surface area contributed by atoms with E-state index in [9.17, 15) is 0 Å². The van der Waals surface area contributed by atoms with E-state index in [0.717, 1.165) is 10.0 Å². The Hall–Kier alpha value is -2.02. The molecule has 0 amide bonds. The normalized spacial score (nSPS) is 10.8. The molecule has 1 aromatic carbocycles. The van der Waals surface area contributed by atoms with Gasteiger partial charge in [-0.05, 0) is 19.1 Å². The first-order chi connectivity index (χ1) is 8.72. The van der Waals surface area contributed by atoms with Crippen molar-refractivity contribution in [3.05, 3.63) is 34.6 Å². The van der Waals surface area contributed by atoms with Gasteiger partial charge in [0.2, 0.25) is 5.82 Å². The highest BCUT2D eigenvalue weighted by Crippen LogP contribution is 2.23. The first-order valence-corrected chi connectivity index (χ1v) is 5.92. The third kappa shape index (κ3) is 2.04. The molecule has 3 aromatic rings. The lowest BCUT2D eigenvalue weighted by molar-refractivity contribution is 0.381. The Morgan fingerprint density at radius 1 is 1.06 bits per heavy atom. The summed E-state index contributed by atoms with van der Waals surface area (Å²) in [5, 5.41) is 7.55. The molecule has 7 heteroatoms. The highest BCUT2D eigenvalue weighted by molar-refractivity contribution is 9.10. The van der Waals surface area contributed by atoms with Crippen molar-refractivity contribution in [1.29, 1.82) is 0 Å². The summed E-state index contributed by atoms with van der Waals surface area (Å²) in [5.41, 5.74) is 0.843. The van der Waals surface area contributed by atoms with Gasteiger partial charge in [0.15, 0.2) is 5.82 Å². The molecule has 0 aliphatic rings. The van der Waals surface area contributed by atoms with E-state index < -0.39 is 0 Å². The van der Waals surface area contributed by atoms with Crippen LogP contribution in [0, 0.1) is 6.92 Å². The largest absolute Gasteiger partial charge is 0.329 e. The van der Waals surface area contributed by atoms with Crippen LogP contribution in [-0.4, -0.2) is 20.3 Å². The molecule has 0 saturated heterocycles. The lowest BCUT2D eigenvalue weighted by Crippen LogP contribution is -1.81. The van der Waals surface area contributed by atoms with Crippen molar-refractivity contribution in [1.82, 2.24) is 20.3 Å². The number of aryl methyl sites for hydroxylation is 1. The smallest absolute Gasteiger partial charge is 0.316 e. The molecule has 0 unspecified atom stereocenters. The summed E-state index contributed by atoms with van der Waals surface area (Å²) in [4.78, 5) is 8.23. The minimum Gasteiger partial charge on any atom is -0.329 e. The van der Waals surface area contributed by atoms with Crippen molar-refractivity contribution in [2.24, 2.45) is 0 Å². The fourth-order valence-electron chi connectivity index (χ4n) is 1.44. The van der Waals surface area contributed by atoms with Crippen LogP contribution in [0.5, 0.6) is 0 Å². The maximum absolute atomic E-state index is 5.09. The molecule has 0 radical (unpaired) electrons. The highest BCUT2D eigenvalue weighted by atomic mass is 79.9. The molecule has 0 aliphatic carbocycles. The second-order valence-corrected chi connectivity index (χ2v) is 4.50. The van der Waals surface area contributed by atoms with Crippen LogP contribution in [0.15, 0.2) is 37.8 Å². The molecule has 0 fully saturated rings. The lowest BCUT2D eigenvalue weighted by Gasteiger charge is -1.93. The Balaban J connectivity index is 1.99. The molecule has 18 heavy (non-hydrogen) atoms. The number of hydrogen-bond donors (Lipinski definition) is 0. The first kappa shape index (κ1) is 11.1. The maximum atomic E-state index is 5.09. The number of rotatable bonds is 2. The average Bonchev–Trinajstić information content (AvgIpc) is 2.97. The van der Waals surface area contributed by atoms with Crippen molar-refractivity contribution >= 4 is 15.9 Å². The van der Waals surface area contributed by atoms with Crippen LogP contribution in [-0.2, 0) is 0 Å². The highest BCUT2D eigenvalue weighted by Gasteiger charge is 2.16. The molecule has 3 rings (SSSR count). The van der Waals surface area contributed by atoms with Gasteiger partial charge in [-0.2, -0.15) is 9.97 Å². The van der Waals surface area contributed by atoms with E-state index in [2.05, 4.69) is 36.2 Å². The number of nitrogens with zero attached hydrogens (tertiary/aromatic N) is 4. The van der Waals surface area contributed by atoms with Crippen LogP contribution in [0.3, 0.4) is 0 Å². The molecular weight excluding hydrogens is 300 g/mol. The average molecular weight is 307 g/mol. The Kier molecular flexibility index (Phi) is 2.67. The van der Waals surface area contributed by atoms with Gasteiger partial charge in [-0.3, -0.25) is 0 Å². The summed E-state index contributed by atoms with van der Waals surface area (Å²) in [6.07, 6.45) is 0. The van der Waals surface area contributed by atoms with Gasteiger partial charge in [0.1, 0.15) is 0 Å². The minimum atomic E-state index is 0.213. The second-order valence-electron chi connectivity index (χ2n) is 3.58. The van der Waals surface area contributed by atoms with Crippen LogP contribution in [0.1, 0.15) is 5.82 Å². The van der Waals surface area contributed by atoms with Gasteiger partial charge < -0.3 is 9.05 Å². The number of hydrogen-bond acceptors (Lipinski definition) is 6. The summed E-state index contributed by atoms with van der Waals surface area (Å²) in [6.45, 7) is 1.72. The van der Waals surface area contributed by atoms with Gasteiger partial charge in [-0.15, -0.1) is 0 Å². The molecule has 6 nitrogen and oxygen atoms in total. The summed E-state index contributed by atoms with van der Waals surface area (Å²) >= 11 is 3.39. The van der Waals surface area contributed by atoms with Crippen molar-refractivity contribution < 1.29 is 9.05 Å². The Labute approximate surface area is 110 Å². The minimum absolute atomic E-state index is 0.213. The predicted octanol–water partition coefficient (Wildman–Crippen LogP) is 2.86. The van der Waals surface area contributed by atoms with Crippen LogP contribution < -0.4 is 0 Å². The van der Waals surface area contributed by atoms with Gasteiger partial charge in [0.25, 0.3) is 0 Å². The molecule has 0 saturated carbocycles. The van der Waals surface area contributed by atoms with E-state index in [4.69, 9.17) is 9.05 Å². The van der Waals surface area contributed by atoms with Crippen molar-refractivity contribution in [2.75, 3.05) is 0 Å². The number of benzene rings is 1. The molecule has 0 aliphatic heterocycles. The van der Waals surface area contributed by atoms with E-state index in [1.807, 2.05) is 24.3 Å². The van der Waals surface area contributed by atoms with E-state index >= 15 is 0 Å². The Morgan fingerprint density at radius 3 is 2.56 bits per heavy atom. The topological polar surface area (TPSA) is 77.8 Å². The Morgan fingerprint density at radius 2 is 1.83 bits per heavy atom. The molecule has 0 spiro atoms. The van der Waals surface area contributed by atoms with Crippen molar-refractivity contribution in [2.45, 2.75) is 6.92 Å². The quantitative estimate of drug-likeness (QED) is 0.724. The van der Waals surface area contributed by atoms with E-state index in [1.54, 1.807) is 6.92 Å². The van der Waals surface area contributed by atoms with Gasteiger partial charge in [0.05, 0.1) is 0 Å².